The van der Waals surface area contributed by atoms with Crippen LogP contribution in [0.5, 0.6) is 5.75 Å². The molecule has 0 spiro atoms. The number of rotatable bonds is 12. The highest BCUT2D eigenvalue weighted by Gasteiger charge is 2.17. The van der Waals surface area contributed by atoms with Crippen LogP contribution < -0.4 is 14.4 Å². The summed E-state index contributed by atoms with van der Waals surface area (Å²) < 4.78 is 44.1. The van der Waals surface area contributed by atoms with Crippen molar-refractivity contribution in [1.29, 1.82) is 0 Å². The molecule has 0 saturated heterocycles. The van der Waals surface area contributed by atoms with Gasteiger partial charge in [0.15, 0.2) is 0 Å². The molecule has 0 aliphatic rings. The summed E-state index contributed by atoms with van der Waals surface area (Å²) in [4.78, 5) is 12.0. The van der Waals surface area contributed by atoms with E-state index >= 15 is 0 Å². The van der Waals surface area contributed by atoms with Crippen LogP contribution >= 0.6 is 11.8 Å². The quantitative estimate of drug-likeness (QED) is 0.498. The molecule has 0 aliphatic heterocycles. The minimum absolute atomic E-state index is 0.135. The number of halogens is 1. The number of thioether (sulfide) groups is 1. The molecular weight excluding hydrogens is 427 g/mol. The molecule has 1 amide bonds. The van der Waals surface area contributed by atoms with Crippen LogP contribution in [-0.4, -0.2) is 46.5 Å². The van der Waals surface area contributed by atoms with Gasteiger partial charge in [-0.05, 0) is 42.3 Å². The summed E-state index contributed by atoms with van der Waals surface area (Å²) >= 11 is 1.54. The number of benzene rings is 2. The van der Waals surface area contributed by atoms with Gasteiger partial charge in [0, 0.05) is 31.0 Å². The lowest BCUT2D eigenvalue weighted by Gasteiger charge is -2.22. The van der Waals surface area contributed by atoms with Crippen molar-refractivity contribution in [1.82, 2.24) is 5.32 Å². The first kappa shape index (κ1) is 24.0. The molecule has 9 heteroatoms. The highest BCUT2D eigenvalue weighted by molar-refractivity contribution is 7.98. The highest BCUT2D eigenvalue weighted by Crippen LogP contribution is 2.22. The van der Waals surface area contributed by atoms with Gasteiger partial charge in [-0.25, -0.2) is 12.8 Å². The minimum Gasteiger partial charge on any atom is -0.497 e. The summed E-state index contributed by atoms with van der Waals surface area (Å²) in [6.07, 6.45) is 1.76. The molecule has 0 saturated carbocycles. The van der Waals surface area contributed by atoms with Crippen LogP contribution in [0.1, 0.15) is 18.4 Å². The summed E-state index contributed by atoms with van der Waals surface area (Å²) in [5.74, 6) is 1.50. The van der Waals surface area contributed by atoms with Crippen molar-refractivity contribution in [3.05, 3.63) is 59.9 Å². The summed E-state index contributed by atoms with van der Waals surface area (Å²) in [5, 5.41) is 2.81. The van der Waals surface area contributed by atoms with Crippen LogP contribution in [0.25, 0.3) is 0 Å². The van der Waals surface area contributed by atoms with Crippen LogP contribution in [0.2, 0.25) is 0 Å². The number of nitrogens with zero attached hydrogens (tertiary/aromatic N) is 1. The second-order valence-corrected chi connectivity index (χ2v) is 9.64. The number of ether oxygens (including phenoxy) is 1. The van der Waals surface area contributed by atoms with E-state index in [0.717, 1.165) is 6.26 Å². The second-order valence-electron chi connectivity index (χ2n) is 6.63. The number of anilines is 1. The molecule has 164 valence electrons. The van der Waals surface area contributed by atoms with Gasteiger partial charge in [0.2, 0.25) is 15.9 Å². The third-order valence-electron chi connectivity index (χ3n) is 4.31. The lowest BCUT2D eigenvalue weighted by atomic mass is 10.2. The van der Waals surface area contributed by atoms with E-state index in [2.05, 4.69) is 5.32 Å². The van der Waals surface area contributed by atoms with E-state index in [9.17, 15) is 17.6 Å². The van der Waals surface area contributed by atoms with Gasteiger partial charge in [0.05, 0.1) is 19.1 Å². The molecule has 0 heterocycles. The number of nitrogens with one attached hydrogen (secondary N) is 1. The maximum Gasteiger partial charge on any atom is 0.232 e. The number of carbonyl (C=O) groups is 1. The Labute approximate surface area is 181 Å². The van der Waals surface area contributed by atoms with Gasteiger partial charge in [-0.2, -0.15) is 11.8 Å². The first-order valence-corrected chi connectivity index (χ1v) is 12.5. The van der Waals surface area contributed by atoms with Crippen molar-refractivity contribution < 1.29 is 22.3 Å². The zero-order chi connectivity index (χ0) is 22.0. The zero-order valence-corrected chi connectivity index (χ0v) is 18.8. The molecule has 2 aromatic rings. The van der Waals surface area contributed by atoms with E-state index in [1.165, 1.54) is 10.4 Å². The molecule has 0 radical (unpaired) electrons. The van der Waals surface area contributed by atoms with E-state index in [0.29, 0.717) is 41.5 Å². The van der Waals surface area contributed by atoms with Crippen molar-refractivity contribution in [3.8, 4) is 5.75 Å². The van der Waals surface area contributed by atoms with Gasteiger partial charge in [0.25, 0.3) is 0 Å². The Morgan fingerprint density at radius 3 is 2.50 bits per heavy atom. The normalized spacial score (nSPS) is 11.2. The van der Waals surface area contributed by atoms with Crippen LogP contribution in [-0.2, 0) is 20.6 Å². The third kappa shape index (κ3) is 7.87. The largest absolute Gasteiger partial charge is 0.497 e. The van der Waals surface area contributed by atoms with E-state index < -0.39 is 10.0 Å². The molecule has 1 N–H and O–H groups in total. The van der Waals surface area contributed by atoms with Crippen molar-refractivity contribution in [2.45, 2.75) is 18.6 Å². The minimum atomic E-state index is -3.46. The molecule has 0 atom stereocenters. The number of sulfonamides is 1. The molecular formula is C21H27FN2O4S2. The Bertz CT molecular complexity index is 921. The highest BCUT2D eigenvalue weighted by atomic mass is 32.2. The topological polar surface area (TPSA) is 75.7 Å². The summed E-state index contributed by atoms with van der Waals surface area (Å²) in [7, 11) is -1.92. The number of methoxy groups -OCH3 is 1. The molecule has 0 bridgehead atoms. The van der Waals surface area contributed by atoms with E-state index in [4.69, 9.17) is 4.74 Å². The Morgan fingerprint density at radius 1 is 1.17 bits per heavy atom. The molecule has 0 fully saturated rings. The molecule has 0 unspecified atom stereocenters. The SMILES string of the molecule is COc1ccc(N(CCCC(=O)NCCSCc2ccccc2F)S(C)(=O)=O)cc1. The lowest BCUT2D eigenvalue weighted by molar-refractivity contribution is -0.121. The van der Waals surface area contributed by atoms with Crippen LogP contribution in [0.4, 0.5) is 10.1 Å². The van der Waals surface area contributed by atoms with Crippen molar-refractivity contribution in [2.24, 2.45) is 0 Å². The third-order valence-corrected chi connectivity index (χ3v) is 6.51. The molecule has 0 aliphatic carbocycles. The maximum absolute atomic E-state index is 13.5. The van der Waals surface area contributed by atoms with Crippen LogP contribution in [0.3, 0.4) is 0 Å². The monoisotopic (exact) mass is 454 g/mol. The Hall–Kier alpha value is -2.26. The molecule has 2 aromatic carbocycles. The molecule has 30 heavy (non-hydrogen) atoms. The Morgan fingerprint density at radius 2 is 1.87 bits per heavy atom. The summed E-state index contributed by atoms with van der Waals surface area (Å²) in [5.41, 5.74) is 1.18. The smallest absolute Gasteiger partial charge is 0.232 e. The average Bonchev–Trinajstić information content (AvgIpc) is 2.71. The number of hydrogen-bond donors (Lipinski definition) is 1. The Kier molecular flexibility index (Phi) is 9.45. The molecule has 2 rings (SSSR count). The fourth-order valence-corrected chi connectivity index (χ4v) is 4.58. The van der Waals surface area contributed by atoms with Gasteiger partial charge in [0.1, 0.15) is 11.6 Å². The summed E-state index contributed by atoms with van der Waals surface area (Å²) in [6, 6.07) is 13.4. The zero-order valence-electron chi connectivity index (χ0n) is 17.1. The van der Waals surface area contributed by atoms with Crippen molar-refractivity contribution in [3.63, 3.8) is 0 Å². The van der Waals surface area contributed by atoms with Crippen molar-refractivity contribution >= 4 is 33.4 Å². The predicted octanol–water partition coefficient (Wildman–Crippen LogP) is 3.43. The molecule has 0 aromatic heterocycles. The van der Waals surface area contributed by atoms with E-state index in [-0.39, 0.29) is 24.7 Å². The number of hydrogen-bond acceptors (Lipinski definition) is 5. The Balaban J connectivity index is 1.71. The standard InChI is InChI=1S/C21H27FN2O4S2/c1-28-19-11-9-18(10-12-19)24(30(2,26)27)14-5-8-21(25)23-13-15-29-16-17-6-3-4-7-20(17)22/h3-4,6-7,9-12H,5,8,13-16H2,1-2H3,(H,23,25). The van der Waals surface area contributed by atoms with Crippen LogP contribution in [0.15, 0.2) is 48.5 Å². The fourth-order valence-electron chi connectivity index (χ4n) is 2.77. The maximum atomic E-state index is 13.5. The average molecular weight is 455 g/mol. The van der Waals surface area contributed by atoms with Crippen molar-refractivity contribution in [2.75, 3.05) is 36.5 Å². The van der Waals surface area contributed by atoms with Gasteiger partial charge in [-0.3, -0.25) is 9.10 Å². The first-order chi connectivity index (χ1) is 14.3. The van der Waals surface area contributed by atoms with E-state index in [1.54, 1.807) is 61.3 Å². The van der Waals surface area contributed by atoms with E-state index in [1.807, 2.05) is 0 Å². The summed E-state index contributed by atoms with van der Waals surface area (Å²) in [6.45, 7) is 0.687. The molecule has 6 nitrogen and oxygen atoms in total. The van der Waals surface area contributed by atoms with Gasteiger partial charge >= 0.3 is 0 Å². The first-order valence-electron chi connectivity index (χ1n) is 9.51. The van der Waals surface area contributed by atoms with Gasteiger partial charge in [-0.15, -0.1) is 0 Å². The fraction of sp³-hybridized carbons (Fsp3) is 0.381. The van der Waals surface area contributed by atoms with Crippen LogP contribution in [0, 0.1) is 5.82 Å². The van der Waals surface area contributed by atoms with Gasteiger partial charge in [-0.1, -0.05) is 18.2 Å². The number of carbonyl (C=O) groups excluding carboxylic acids is 1. The number of amides is 1. The second kappa shape index (κ2) is 11.8. The lowest BCUT2D eigenvalue weighted by Crippen LogP contribution is -2.32. The van der Waals surface area contributed by atoms with Gasteiger partial charge < -0.3 is 10.1 Å². The predicted molar refractivity (Wildman–Crippen MR) is 120 cm³/mol.